The minimum absolute atomic E-state index is 0.0157. The van der Waals surface area contributed by atoms with Crippen LogP contribution in [0, 0.1) is 6.92 Å². The number of benzene rings is 3. The summed E-state index contributed by atoms with van der Waals surface area (Å²) in [5.41, 5.74) is 5.52. The molecule has 0 radical (unpaired) electrons. The molecule has 1 aliphatic rings. The maximum atomic E-state index is 13.9. The molecule has 5 aromatic rings. The number of ether oxygens (including phenoxy) is 1. The first-order chi connectivity index (χ1) is 19.5. The summed E-state index contributed by atoms with van der Waals surface area (Å²) in [6, 6.07) is 26.5. The number of para-hydroxylation sites is 1. The van der Waals surface area contributed by atoms with E-state index in [1.165, 1.54) is 5.56 Å². The van der Waals surface area contributed by atoms with Gasteiger partial charge in [-0.3, -0.25) is 14.3 Å². The number of piperazine rings is 1. The number of imidazole rings is 1. The van der Waals surface area contributed by atoms with Crippen molar-refractivity contribution in [3.05, 3.63) is 103 Å². The largest absolute Gasteiger partial charge is 0.494 e. The average molecular weight is 532 g/mol. The van der Waals surface area contributed by atoms with E-state index in [0.29, 0.717) is 18.8 Å². The molecule has 6 rings (SSSR count). The lowest BCUT2D eigenvalue weighted by Gasteiger charge is -2.40. The predicted octanol–water partition coefficient (Wildman–Crippen LogP) is 6.15. The lowest BCUT2D eigenvalue weighted by molar-refractivity contribution is 0.0668. The fourth-order valence-electron chi connectivity index (χ4n) is 5.35. The maximum absolute atomic E-state index is 13.9. The van der Waals surface area contributed by atoms with Crippen LogP contribution < -0.4 is 9.64 Å². The van der Waals surface area contributed by atoms with Crippen LogP contribution in [-0.2, 0) is 0 Å². The van der Waals surface area contributed by atoms with Crippen LogP contribution in [0.3, 0.4) is 0 Å². The van der Waals surface area contributed by atoms with E-state index in [9.17, 15) is 4.79 Å². The number of carbonyl (C=O) groups is 1. The van der Waals surface area contributed by atoms with E-state index >= 15 is 0 Å². The first-order valence-electron chi connectivity index (χ1n) is 13.8. The first kappa shape index (κ1) is 25.6. The third-order valence-corrected chi connectivity index (χ3v) is 7.47. The summed E-state index contributed by atoms with van der Waals surface area (Å²) in [5.74, 6) is 1.45. The Morgan fingerprint density at radius 1 is 0.975 bits per heavy atom. The summed E-state index contributed by atoms with van der Waals surface area (Å²) in [5, 5.41) is 1.12. The molecule has 1 amide bonds. The van der Waals surface area contributed by atoms with Crippen molar-refractivity contribution < 1.29 is 9.53 Å². The Labute approximate surface area is 234 Å². The van der Waals surface area contributed by atoms with E-state index in [2.05, 4.69) is 48.0 Å². The molecule has 1 aliphatic heterocycles. The molecule has 0 aliphatic carbocycles. The van der Waals surface area contributed by atoms with Gasteiger partial charge >= 0.3 is 0 Å². The van der Waals surface area contributed by atoms with Crippen LogP contribution in [0.4, 0.5) is 5.69 Å². The summed E-state index contributed by atoms with van der Waals surface area (Å²) in [4.78, 5) is 27.6. The van der Waals surface area contributed by atoms with Crippen LogP contribution in [0.15, 0.2) is 91.3 Å². The normalized spacial score (nSPS) is 15.4. The number of hydrogen-bond donors (Lipinski definition) is 0. The molecule has 0 N–H and O–H groups in total. The van der Waals surface area contributed by atoms with Gasteiger partial charge in [-0.15, -0.1) is 0 Å². The molecule has 1 atom stereocenters. The van der Waals surface area contributed by atoms with Gasteiger partial charge in [-0.25, -0.2) is 4.98 Å². The van der Waals surface area contributed by atoms with E-state index in [1.807, 2.05) is 83.4 Å². The second-order valence-electron chi connectivity index (χ2n) is 10.3. The van der Waals surface area contributed by atoms with Crippen molar-refractivity contribution in [2.75, 3.05) is 31.1 Å². The summed E-state index contributed by atoms with van der Waals surface area (Å²) < 4.78 is 7.73. The molecule has 202 valence electrons. The lowest BCUT2D eigenvalue weighted by Crippen LogP contribution is -2.54. The summed E-state index contributed by atoms with van der Waals surface area (Å²) in [7, 11) is 0. The zero-order chi connectivity index (χ0) is 27.6. The molecule has 7 nitrogen and oxygen atoms in total. The number of fused-ring (bicyclic) bond motifs is 1. The average Bonchev–Trinajstić information content (AvgIpc) is 3.43. The van der Waals surface area contributed by atoms with Crippen molar-refractivity contribution in [1.29, 1.82) is 0 Å². The molecule has 2 aromatic heterocycles. The fraction of sp³-hybridized carbons (Fsp3) is 0.242. The van der Waals surface area contributed by atoms with E-state index in [-0.39, 0.29) is 11.9 Å². The maximum Gasteiger partial charge on any atom is 0.274 e. The highest BCUT2D eigenvalue weighted by Crippen LogP contribution is 2.28. The van der Waals surface area contributed by atoms with Crippen LogP contribution in [0.1, 0.15) is 29.9 Å². The molecule has 1 fully saturated rings. The molecule has 3 aromatic carbocycles. The highest BCUT2D eigenvalue weighted by Gasteiger charge is 2.30. The van der Waals surface area contributed by atoms with Crippen molar-refractivity contribution >= 4 is 22.5 Å². The molecule has 3 heterocycles. The Morgan fingerprint density at radius 2 is 1.80 bits per heavy atom. The van der Waals surface area contributed by atoms with Gasteiger partial charge in [0.25, 0.3) is 5.91 Å². The number of carbonyl (C=O) groups excluding carboxylic acids is 1. The third-order valence-electron chi connectivity index (χ3n) is 7.47. The summed E-state index contributed by atoms with van der Waals surface area (Å²) in [6.07, 6.45) is 3.79. The number of nitrogens with zero attached hydrogens (tertiary/aromatic N) is 5. The van der Waals surface area contributed by atoms with Gasteiger partial charge in [-0.1, -0.05) is 54.1 Å². The Bertz CT molecular complexity index is 1660. The molecule has 0 spiro atoms. The zero-order valence-corrected chi connectivity index (χ0v) is 23.1. The Morgan fingerprint density at radius 3 is 2.60 bits per heavy atom. The topological polar surface area (TPSA) is 63.5 Å². The standard InChI is InChI=1S/C33H33N5O2/c1-4-40-29-10-7-9-27(19-29)38-22-31(35-32(38)25-14-12-23(2)13-15-25)33(39)37-17-16-36(21-24(37)3)28-18-26-8-5-6-11-30(26)34-20-28/h5-15,18-20,22,24H,4,16-17,21H2,1-3H3. The number of amides is 1. The van der Waals surface area contributed by atoms with Crippen molar-refractivity contribution in [3.8, 4) is 22.8 Å². The van der Waals surface area contributed by atoms with Gasteiger partial charge in [0, 0.05) is 48.9 Å². The van der Waals surface area contributed by atoms with Crippen molar-refractivity contribution in [1.82, 2.24) is 19.4 Å². The van der Waals surface area contributed by atoms with Crippen LogP contribution in [0.5, 0.6) is 5.75 Å². The zero-order valence-electron chi connectivity index (χ0n) is 23.1. The van der Waals surface area contributed by atoms with Crippen LogP contribution >= 0.6 is 0 Å². The van der Waals surface area contributed by atoms with Gasteiger partial charge in [0.1, 0.15) is 17.3 Å². The van der Waals surface area contributed by atoms with E-state index in [4.69, 9.17) is 9.72 Å². The van der Waals surface area contributed by atoms with E-state index in [0.717, 1.165) is 52.5 Å². The van der Waals surface area contributed by atoms with Crippen LogP contribution in [0.2, 0.25) is 0 Å². The van der Waals surface area contributed by atoms with Crippen molar-refractivity contribution in [2.24, 2.45) is 0 Å². The molecular weight excluding hydrogens is 498 g/mol. The fourth-order valence-corrected chi connectivity index (χ4v) is 5.35. The minimum atomic E-state index is -0.0585. The van der Waals surface area contributed by atoms with Crippen LogP contribution in [-0.4, -0.2) is 57.6 Å². The number of aryl methyl sites for hydroxylation is 1. The van der Waals surface area contributed by atoms with Crippen LogP contribution in [0.25, 0.3) is 28.0 Å². The molecule has 40 heavy (non-hydrogen) atoms. The molecule has 1 unspecified atom stereocenters. The minimum Gasteiger partial charge on any atom is -0.494 e. The monoisotopic (exact) mass is 531 g/mol. The molecule has 7 heteroatoms. The van der Waals surface area contributed by atoms with E-state index < -0.39 is 0 Å². The SMILES string of the molecule is CCOc1cccc(-n2cc(C(=O)N3CCN(c4cnc5ccccc5c4)CC3C)nc2-c2ccc(C)cc2)c1. The molecule has 0 bridgehead atoms. The predicted molar refractivity (Wildman–Crippen MR) is 159 cm³/mol. The molecule has 0 saturated carbocycles. The van der Waals surface area contributed by atoms with Crippen molar-refractivity contribution in [2.45, 2.75) is 26.8 Å². The number of pyridine rings is 1. The Balaban J connectivity index is 1.28. The van der Waals surface area contributed by atoms with Gasteiger partial charge in [0.2, 0.25) is 0 Å². The Hall–Kier alpha value is -4.65. The lowest BCUT2D eigenvalue weighted by atomic mass is 10.1. The Kier molecular flexibility index (Phi) is 6.95. The number of anilines is 1. The smallest absolute Gasteiger partial charge is 0.274 e. The quantitative estimate of drug-likeness (QED) is 0.263. The second-order valence-corrected chi connectivity index (χ2v) is 10.3. The summed E-state index contributed by atoms with van der Waals surface area (Å²) in [6.45, 7) is 8.79. The number of aromatic nitrogens is 3. The first-order valence-corrected chi connectivity index (χ1v) is 13.8. The van der Waals surface area contributed by atoms with E-state index in [1.54, 1.807) is 0 Å². The van der Waals surface area contributed by atoms with Gasteiger partial charge in [-0.05, 0) is 45.0 Å². The second kappa shape index (κ2) is 10.8. The highest BCUT2D eigenvalue weighted by atomic mass is 16.5. The summed E-state index contributed by atoms with van der Waals surface area (Å²) >= 11 is 0. The van der Waals surface area contributed by atoms with Gasteiger partial charge in [0.15, 0.2) is 0 Å². The van der Waals surface area contributed by atoms with Gasteiger partial charge < -0.3 is 14.5 Å². The third kappa shape index (κ3) is 5.02. The molecular formula is C33H33N5O2. The van der Waals surface area contributed by atoms with Crippen molar-refractivity contribution in [3.63, 3.8) is 0 Å². The molecule has 1 saturated heterocycles. The van der Waals surface area contributed by atoms with Gasteiger partial charge in [-0.2, -0.15) is 0 Å². The van der Waals surface area contributed by atoms with Gasteiger partial charge in [0.05, 0.1) is 29.7 Å². The number of hydrogen-bond acceptors (Lipinski definition) is 5. The highest BCUT2D eigenvalue weighted by molar-refractivity contribution is 5.93. The number of rotatable bonds is 6.